The Balaban J connectivity index is 1.52. The highest BCUT2D eigenvalue weighted by molar-refractivity contribution is 7.09. The molecule has 0 atom stereocenters. The molecular formula is C14H18N8S. The average molecular weight is 330 g/mol. The van der Waals surface area contributed by atoms with Gasteiger partial charge < -0.3 is 10.6 Å². The summed E-state index contributed by atoms with van der Waals surface area (Å²) in [6.45, 7) is 5.53. The van der Waals surface area contributed by atoms with E-state index in [0.29, 0.717) is 25.0 Å². The van der Waals surface area contributed by atoms with Crippen LogP contribution in [0.5, 0.6) is 0 Å². The molecule has 0 saturated carbocycles. The Morgan fingerprint density at radius 1 is 1.13 bits per heavy atom. The normalized spacial score (nSPS) is 10.9. The number of para-hydroxylation sites is 1. The number of hydrogen-bond donors (Lipinski definition) is 2. The van der Waals surface area contributed by atoms with E-state index in [2.05, 4.69) is 49.4 Å². The third-order valence-electron chi connectivity index (χ3n) is 3.11. The Morgan fingerprint density at radius 3 is 2.65 bits per heavy atom. The van der Waals surface area contributed by atoms with Crippen molar-refractivity contribution in [3.8, 4) is 5.69 Å². The van der Waals surface area contributed by atoms with Gasteiger partial charge in [0.15, 0.2) is 0 Å². The quantitative estimate of drug-likeness (QED) is 0.641. The maximum Gasteiger partial charge on any atom is 0.247 e. The van der Waals surface area contributed by atoms with E-state index in [1.165, 1.54) is 11.5 Å². The largest absolute Gasteiger partial charge is 0.359 e. The number of hydrogen-bond acceptors (Lipinski definition) is 8. The highest BCUT2D eigenvalue weighted by Gasteiger charge is 2.08. The number of nitrogens with one attached hydrogen (secondary N) is 2. The van der Waals surface area contributed by atoms with Crippen molar-refractivity contribution in [1.29, 1.82) is 0 Å². The maximum atomic E-state index is 4.43. The number of aromatic nitrogens is 6. The maximum absolute atomic E-state index is 4.43. The second-order valence-corrected chi connectivity index (χ2v) is 5.97. The number of rotatable bonds is 7. The molecule has 3 aromatic rings. The van der Waals surface area contributed by atoms with Gasteiger partial charge in [-0.15, -0.1) is 0 Å². The molecule has 0 spiro atoms. The summed E-state index contributed by atoms with van der Waals surface area (Å²) in [5, 5.41) is 19.0. The van der Waals surface area contributed by atoms with E-state index < -0.39 is 0 Å². The summed E-state index contributed by atoms with van der Waals surface area (Å²) in [6.07, 6.45) is 0. The molecule has 0 saturated heterocycles. The lowest BCUT2D eigenvalue weighted by molar-refractivity contribution is 0.789. The monoisotopic (exact) mass is 330 g/mol. The van der Waals surface area contributed by atoms with Crippen molar-refractivity contribution in [3.05, 3.63) is 36.2 Å². The Bertz CT molecular complexity index is 736. The average Bonchev–Trinajstić information content (AvgIpc) is 3.22. The summed E-state index contributed by atoms with van der Waals surface area (Å²) < 4.78 is 5.98. The summed E-state index contributed by atoms with van der Waals surface area (Å²) >= 11 is 1.38. The highest BCUT2D eigenvalue weighted by Crippen LogP contribution is 2.17. The van der Waals surface area contributed by atoms with Gasteiger partial charge >= 0.3 is 0 Å². The van der Waals surface area contributed by atoms with Gasteiger partial charge in [0, 0.05) is 30.5 Å². The predicted molar refractivity (Wildman–Crippen MR) is 90.1 cm³/mol. The fraction of sp³-hybridized carbons (Fsp3) is 0.357. The smallest absolute Gasteiger partial charge is 0.247 e. The van der Waals surface area contributed by atoms with Crippen LogP contribution in [0.15, 0.2) is 30.3 Å². The second-order valence-electron chi connectivity index (χ2n) is 5.22. The molecule has 3 rings (SSSR count). The van der Waals surface area contributed by atoms with E-state index in [4.69, 9.17) is 0 Å². The molecule has 0 bridgehead atoms. The third-order valence-corrected chi connectivity index (χ3v) is 3.80. The van der Waals surface area contributed by atoms with Crippen molar-refractivity contribution >= 4 is 22.6 Å². The highest BCUT2D eigenvalue weighted by atomic mass is 32.1. The molecule has 0 aliphatic heterocycles. The summed E-state index contributed by atoms with van der Waals surface area (Å²) in [4.78, 5) is 4.43. The molecule has 0 radical (unpaired) electrons. The summed E-state index contributed by atoms with van der Waals surface area (Å²) in [5.74, 6) is 1.83. The first-order valence-corrected chi connectivity index (χ1v) is 8.16. The lowest BCUT2D eigenvalue weighted by atomic mass is 10.2. The van der Waals surface area contributed by atoms with Gasteiger partial charge in [0.2, 0.25) is 11.1 Å². The van der Waals surface area contributed by atoms with Crippen LogP contribution in [0.25, 0.3) is 5.69 Å². The molecule has 0 aliphatic carbocycles. The van der Waals surface area contributed by atoms with E-state index in [1.807, 2.05) is 30.3 Å². The van der Waals surface area contributed by atoms with Gasteiger partial charge in [-0.25, -0.2) is 4.98 Å². The predicted octanol–water partition coefficient (Wildman–Crippen LogP) is 2.16. The van der Waals surface area contributed by atoms with Crippen LogP contribution >= 0.6 is 11.5 Å². The molecule has 8 nitrogen and oxygen atoms in total. The van der Waals surface area contributed by atoms with Gasteiger partial charge in [0.05, 0.1) is 5.69 Å². The number of anilines is 2. The van der Waals surface area contributed by atoms with E-state index in [0.717, 1.165) is 16.6 Å². The van der Waals surface area contributed by atoms with E-state index in [9.17, 15) is 0 Å². The van der Waals surface area contributed by atoms with Gasteiger partial charge in [-0.2, -0.15) is 9.06 Å². The number of nitrogens with zero attached hydrogens (tertiary/aromatic N) is 6. The van der Waals surface area contributed by atoms with Crippen molar-refractivity contribution in [3.63, 3.8) is 0 Å². The van der Waals surface area contributed by atoms with Crippen molar-refractivity contribution in [1.82, 2.24) is 29.6 Å². The van der Waals surface area contributed by atoms with Crippen molar-refractivity contribution in [2.75, 3.05) is 23.7 Å². The van der Waals surface area contributed by atoms with Gasteiger partial charge in [-0.1, -0.05) is 37.1 Å². The minimum Gasteiger partial charge on any atom is -0.359 e. The van der Waals surface area contributed by atoms with E-state index in [-0.39, 0.29) is 0 Å². The second kappa shape index (κ2) is 7.14. The Kier molecular flexibility index (Phi) is 4.77. The first-order chi connectivity index (χ1) is 11.2. The molecule has 2 heterocycles. The van der Waals surface area contributed by atoms with Gasteiger partial charge in [0.25, 0.3) is 0 Å². The summed E-state index contributed by atoms with van der Waals surface area (Å²) in [7, 11) is 0. The van der Waals surface area contributed by atoms with E-state index >= 15 is 0 Å². The molecule has 2 aromatic heterocycles. The number of tetrazole rings is 1. The lowest BCUT2D eigenvalue weighted by Crippen LogP contribution is -2.16. The van der Waals surface area contributed by atoms with Crippen LogP contribution in [0.4, 0.5) is 11.1 Å². The zero-order valence-electron chi connectivity index (χ0n) is 13.0. The summed E-state index contributed by atoms with van der Waals surface area (Å²) in [6, 6.07) is 9.76. The molecule has 0 amide bonds. The fourth-order valence-electron chi connectivity index (χ4n) is 1.93. The minimum atomic E-state index is 0.343. The molecule has 1 aromatic carbocycles. The third kappa shape index (κ3) is 3.81. The van der Waals surface area contributed by atoms with Crippen LogP contribution in [0.3, 0.4) is 0 Å². The molecule has 0 unspecified atom stereocenters. The van der Waals surface area contributed by atoms with Gasteiger partial charge in [0.1, 0.15) is 5.82 Å². The van der Waals surface area contributed by atoms with Crippen LogP contribution in [0.1, 0.15) is 25.6 Å². The van der Waals surface area contributed by atoms with Crippen LogP contribution in [-0.4, -0.2) is 42.7 Å². The van der Waals surface area contributed by atoms with Gasteiger partial charge in [-0.05, 0) is 22.6 Å². The van der Waals surface area contributed by atoms with Crippen LogP contribution < -0.4 is 10.6 Å². The molecule has 2 N–H and O–H groups in total. The lowest BCUT2D eigenvalue weighted by Gasteiger charge is -2.07. The van der Waals surface area contributed by atoms with Crippen molar-refractivity contribution in [2.45, 2.75) is 19.8 Å². The zero-order valence-corrected chi connectivity index (χ0v) is 13.8. The minimum absolute atomic E-state index is 0.343. The SMILES string of the molecule is CC(C)c1nsc(NCCNc2nnnn2-c2ccccc2)n1. The number of benzene rings is 1. The molecule has 9 heteroatoms. The van der Waals surface area contributed by atoms with Crippen LogP contribution in [-0.2, 0) is 0 Å². The first-order valence-electron chi connectivity index (χ1n) is 7.39. The Hall–Kier alpha value is -2.55. The van der Waals surface area contributed by atoms with Crippen molar-refractivity contribution < 1.29 is 0 Å². The standard InChI is InChI=1S/C14H18N8S/c1-10(2)12-17-14(23-19-12)16-9-8-15-13-18-20-21-22(13)11-6-4-3-5-7-11/h3-7,10H,8-9H2,1-2H3,(H,15,18,21)(H,16,17,19). The van der Waals surface area contributed by atoms with E-state index in [1.54, 1.807) is 4.68 Å². The summed E-state index contributed by atoms with van der Waals surface area (Å²) in [5.41, 5.74) is 0.915. The molecule has 120 valence electrons. The van der Waals surface area contributed by atoms with Crippen molar-refractivity contribution in [2.24, 2.45) is 0 Å². The molecule has 0 fully saturated rings. The molecular weight excluding hydrogens is 312 g/mol. The Morgan fingerprint density at radius 2 is 1.91 bits per heavy atom. The Labute approximate surface area is 138 Å². The topological polar surface area (TPSA) is 93.4 Å². The molecule has 23 heavy (non-hydrogen) atoms. The molecule has 0 aliphatic rings. The first kappa shape index (κ1) is 15.3. The fourth-order valence-corrected chi connectivity index (χ4v) is 2.66. The zero-order chi connectivity index (χ0) is 16.1. The van der Waals surface area contributed by atoms with Crippen LogP contribution in [0.2, 0.25) is 0 Å². The van der Waals surface area contributed by atoms with Gasteiger partial charge in [-0.3, -0.25) is 0 Å². The van der Waals surface area contributed by atoms with Crippen LogP contribution in [0, 0.1) is 0 Å².